The van der Waals surface area contributed by atoms with Gasteiger partial charge >= 0.3 is 0 Å². The van der Waals surface area contributed by atoms with E-state index in [0.717, 1.165) is 0 Å². The summed E-state index contributed by atoms with van der Waals surface area (Å²) >= 11 is 0. The fourth-order valence-electron chi connectivity index (χ4n) is 2.54. The van der Waals surface area contributed by atoms with Crippen LogP contribution in [0.25, 0.3) is 0 Å². The third kappa shape index (κ3) is 3.66. The lowest BCUT2D eigenvalue weighted by molar-refractivity contribution is 0.0883. The molecular formula is C15H16FN5O2. The summed E-state index contributed by atoms with van der Waals surface area (Å²) in [7, 11) is 0. The summed E-state index contributed by atoms with van der Waals surface area (Å²) in [5, 5.41) is 12.8. The quantitative estimate of drug-likeness (QED) is 0.824. The first-order valence-electron chi connectivity index (χ1n) is 7.20. The zero-order valence-corrected chi connectivity index (χ0v) is 12.3. The van der Waals surface area contributed by atoms with E-state index in [9.17, 15) is 14.3 Å². The number of aliphatic hydroxyl groups excluding tert-OH is 1. The maximum Gasteiger partial charge on any atom is 0.271 e. The molecule has 7 nitrogen and oxygen atoms in total. The van der Waals surface area contributed by atoms with Gasteiger partial charge in [-0.15, -0.1) is 0 Å². The molecule has 2 aromatic heterocycles. The molecule has 1 aliphatic heterocycles. The zero-order valence-electron chi connectivity index (χ0n) is 12.3. The number of carbonyl (C=O) groups is 1. The third-order valence-electron chi connectivity index (χ3n) is 3.68. The van der Waals surface area contributed by atoms with Gasteiger partial charge in [-0.2, -0.15) is 0 Å². The molecule has 0 spiro atoms. The molecule has 0 radical (unpaired) electrons. The Morgan fingerprint density at radius 1 is 1.35 bits per heavy atom. The highest BCUT2D eigenvalue weighted by atomic mass is 19.1. The van der Waals surface area contributed by atoms with Crippen molar-refractivity contribution in [1.29, 1.82) is 0 Å². The highest BCUT2D eigenvalue weighted by Gasteiger charge is 2.33. The van der Waals surface area contributed by atoms with Crippen LogP contribution in [-0.2, 0) is 6.54 Å². The molecule has 1 amide bonds. The van der Waals surface area contributed by atoms with Crippen LogP contribution in [0.3, 0.4) is 0 Å². The van der Waals surface area contributed by atoms with E-state index in [1.54, 1.807) is 0 Å². The van der Waals surface area contributed by atoms with Crippen LogP contribution < -0.4 is 5.32 Å². The first-order chi connectivity index (χ1) is 11.1. The molecule has 2 N–H and O–H groups in total. The summed E-state index contributed by atoms with van der Waals surface area (Å²) in [6.45, 7) is 1.02. The van der Waals surface area contributed by atoms with Gasteiger partial charge in [0.1, 0.15) is 11.5 Å². The van der Waals surface area contributed by atoms with Gasteiger partial charge in [-0.1, -0.05) is 0 Å². The normalized spacial score (nSPS) is 21.3. The molecule has 23 heavy (non-hydrogen) atoms. The zero-order chi connectivity index (χ0) is 16.2. The molecule has 0 saturated carbocycles. The van der Waals surface area contributed by atoms with Crippen molar-refractivity contribution >= 4 is 5.91 Å². The number of aromatic nitrogens is 3. The lowest BCUT2D eigenvalue weighted by atomic mass is 10.2. The van der Waals surface area contributed by atoms with Gasteiger partial charge in [0.25, 0.3) is 5.91 Å². The van der Waals surface area contributed by atoms with Crippen LogP contribution in [0.4, 0.5) is 4.39 Å². The number of likely N-dealkylation sites (tertiary alicyclic amines) is 1. The van der Waals surface area contributed by atoms with E-state index >= 15 is 0 Å². The van der Waals surface area contributed by atoms with Crippen molar-refractivity contribution in [2.24, 2.45) is 0 Å². The van der Waals surface area contributed by atoms with E-state index in [4.69, 9.17) is 0 Å². The van der Waals surface area contributed by atoms with Crippen molar-refractivity contribution in [2.75, 3.05) is 13.1 Å². The van der Waals surface area contributed by atoms with Crippen LogP contribution in [0.1, 0.15) is 16.2 Å². The summed E-state index contributed by atoms with van der Waals surface area (Å²) in [6.07, 6.45) is 5.05. The van der Waals surface area contributed by atoms with Crippen molar-refractivity contribution in [1.82, 2.24) is 25.2 Å². The number of carbonyl (C=O) groups excluding carboxylic acids is 1. The topological polar surface area (TPSA) is 91.2 Å². The van der Waals surface area contributed by atoms with Gasteiger partial charge in [0.05, 0.1) is 24.0 Å². The van der Waals surface area contributed by atoms with Gasteiger partial charge in [0, 0.05) is 38.2 Å². The predicted molar refractivity (Wildman–Crippen MR) is 78.8 cm³/mol. The Balaban J connectivity index is 1.60. The number of aliphatic hydroxyl groups is 1. The fraction of sp³-hybridized carbons (Fsp3) is 0.333. The highest BCUT2D eigenvalue weighted by molar-refractivity contribution is 5.92. The van der Waals surface area contributed by atoms with Gasteiger partial charge in [-0.25, -0.2) is 9.37 Å². The number of pyridine rings is 1. The molecule has 2 aromatic rings. The van der Waals surface area contributed by atoms with Gasteiger partial charge < -0.3 is 10.4 Å². The Morgan fingerprint density at radius 3 is 2.96 bits per heavy atom. The van der Waals surface area contributed by atoms with Crippen molar-refractivity contribution < 1.29 is 14.3 Å². The summed E-state index contributed by atoms with van der Waals surface area (Å²) in [4.78, 5) is 25.6. The van der Waals surface area contributed by atoms with E-state index in [1.165, 1.54) is 36.9 Å². The van der Waals surface area contributed by atoms with Crippen LogP contribution in [0.15, 0.2) is 36.9 Å². The predicted octanol–water partition coefficient (Wildman–Crippen LogP) is -0.0142. The summed E-state index contributed by atoms with van der Waals surface area (Å²) in [5.74, 6) is -0.776. The number of β-amino-alcohol motifs (C(OH)–C–C–N with tert-alkyl or cyclic N) is 1. The average Bonchev–Trinajstić information content (AvgIpc) is 2.90. The van der Waals surface area contributed by atoms with Crippen LogP contribution in [0.5, 0.6) is 0 Å². The molecule has 1 fully saturated rings. The van der Waals surface area contributed by atoms with E-state index in [-0.39, 0.29) is 18.1 Å². The molecule has 0 bridgehead atoms. The molecule has 0 aromatic carbocycles. The molecule has 1 saturated heterocycles. The minimum atomic E-state index is -0.734. The molecule has 8 heteroatoms. The molecule has 1 aliphatic rings. The Hall–Kier alpha value is -2.45. The monoisotopic (exact) mass is 317 g/mol. The molecule has 0 aliphatic carbocycles. The first kappa shape index (κ1) is 15.4. The van der Waals surface area contributed by atoms with Crippen LogP contribution in [0.2, 0.25) is 0 Å². The average molecular weight is 317 g/mol. The molecule has 2 atom stereocenters. The van der Waals surface area contributed by atoms with Crippen LogP contribution in [0, 0.1) is 5.82 Å². The number of nitrogens with one attached hydrogen (secondary N) is 1. The van der Waals surface area contributed by atoms with Crippen molar-refractivity contribution in [3.63, 3.8) is 0 Å². The fourth-order valence-corrected chi connectivity index (χ4v) is 2.54. The number of nitrogens with zero attached hydrogens (tertiary/aromatic N) is 4. The first-order valence-corrected chi connectivity index (χ1v) is 7.20. The molecule has 0 unspecified atom stereocenters. The van der Waals surface area contributed by atoms with Gasteiger partial charge in [-0.3, -0.25) is 19.7 Å². The summed E-state index contributed by atoms with van der Waals surface area (Å²) in [5.41, 5.74) is 0.509. The second-order valence-electron chi connectivity index (χ2n) is 5.36. The van der Waals surface area contributed by atoms with Gasteiger partial charge in [-0.05, 0) is 12.1 Å². The standard InChI is InChI=1S/C15H16FN5O2/c16-10-2-1-3-18-12(10)7-21-8-13(14(22)9-21)20-15(23)11-6-17-4-5-19-11/h1-6,13-14,22H,7-9H2,(H,20,23)/t13-,14-/m1/s1. The minimum absolute atomic E-state index is 0.189. The number of halogens is 1. The largest absolute Gasteiger partial charge is 0.390 e. The molecule has 120 valence electrons. The number of hydrogen-bond acceptors (Lipinski definition) is 6. The second-order valence-corrected chi connectivity index (χ2v) is 5.36. The van der Waals surface area contributed by atoms with E-state index < -0.39 is 18.1 Å². The van der Waals surface area contributed by atoms with Crippen LogP contribution >= 0.6 is 0 Å². The lowest BCUT2D eigenvalue weighted by Crippen LogP contribution is -2.43. The lowest BCUT2D eigenvalue weighted by Gasteiger charge is -2.16. The third-order valence-corrected chi connectivity index (χ3v) is 3.68. The second kappa shape index (κ2) is 6.76. The Kier molecular flexibility index (Phi) is 4.54. The van der Waals surface area contributed by atoms with Gasteiger partial charge in [0.2, 0.25) is 0 Å². The SMILES string of the molecule is O=C(N[C@@H]1CN(Cc2ncccc2F)C[C@H]1O)c1cnccn1. The van der Waals surface area contributed by atoms with Crippen molar-refractivity contribution in [3.05, 3.63) is 54.1 Å². The maximum absolute atomic E-state index is 13.6. The summed E-state index contributed by atoms with van der Waals surface area (Å²) in [6, 6.07) is 2.43. The number of hydrogen-bond donors (Lipinski definition) is 2. The van der Waals surface area contributed by atoms with E-state index in [0.29, 0.717) is 18.8 Å². The Bertz CT molecular complexity index is 685. The maximum atomic E-state index is 13.6. The van der Waals surface area contributed by atoms with Gasteiger partial charge in [0.15, 0.2) is 0 Å². The van der Waals surface area contributed by atoms with E-state index in [1.807, 2.05) is 4.90 Å². The Labute approximate surface area is 132 Å². The number of amides is 1. The van der Waals surface area contributed by atoms with Crippen molar-refractivity contribution in [3.8, 4) is 0 Å². The van der Waals surface area contributed by atoms with Crippen molar-refractivity contribution in [2.45, 2.75) is 18.7 Å². The molecule has 3 heterocycles. The van der Waals surface area contributed by atoms with E-state index in [2.05, 4.69) is 20.3 Å². The van der Waals surface area contributed by atoms with Crippen LogP contribution in [-0.4, -0.2) is 56.1 Å². The smallest absolute Gasteiger partial charge is 0.271 e. The number of rotatable bonds is 4. The molecular weight excluding hydrogens is 301 g/mol. The Morgan fingerprint density at radius 2 is 2.22 bits per heavy atom. The highest BCUT2D eigenvalue weighted by Crippen LogP contribution is 2.15. The molecule has 3 rings (SSSR count). The minimum Gasteiger partial charge on any atom is -0.390 e. The summed E-state index contributed by atoms with van der Waals surface area (Å²) < 4.78 is 13.6.